The van der Waals surface area contributed by atoms with Gasteiger partial charge in [0.15, 0.2) is 0 Å². The summed E-state index contributed by atoms with van der Waals surface area (Å²) in [5.41, 5.74) is 2.42. The van der Waals surface area contributed by atoms with Crippen molar-refractivity contribution in [2.75, 3.05) is 25.5 Å². The molecular formula is C13H18F2N2. The van der Waals surface area contributed by atoms with E-state index in [0.717, 1.165) is 25.1 Å². The zero-order valence-corrected chi connectivity index (χ0v) is 10.00. The second kappa shape index (κ2) is 5.45. The van der Waals surface area contributed by atoms with Crippen molar-refractivity contribution in [3.05, 3.63) is 29.8 Å². The van der Waals surface area contributed by atoms with E-state index in [-0.39, 0.29) is 12.6 Å². The lowest BCUT2D eigenvalue weighted by atomic mass is 10.1. The Hall–Kier alpha value is -1.16. The van der Waals surface area contributed by atoms with E-state index in [2.05, 4.69) is 11.4 Å². The minimum atomic E-state index is -2.26. The standard InChI is InChI=1S/C13H18F2N2/c1-17(9-13(14)15)11-7-6-10-4-2-3-5-12(10)16-8-11/h2-5,11,13,16H,6-9H2,1H3. The number of anilines is 1. The largest absolute Gasteiger partial charge is 0.383 e. The van der Waals surface area contributed by atoms with E-state index in [4.69, 9.17) is 0 Å². The fourth-order valence-electron chi connectivity index (χ4n) is 2.31. The smallest absolute Gasteiger partial charge is 0.251 e. The molecule has 1 aliphatic rings. The lowest BCUT2D eigenvalue weighted by Gasteiger charge is -2.26. The molecule has 94 valence electrons. The fraction of sp³-hybridized carbons (Fsp3) is 0.538. The van der Waals surface area contributed by atoms with E-state index >= 15 is 0 Å². The number of halogens is 2. The summed E-state index contributed by atoms with van der Waals surface area (Å²) in [4.78, 5) is 1.75. The average molecular weight is 240 g/mol. The summed E-state index contributed by atoms with van der Waals surface area (Å²) in [6.07, 6.45) is -0.389. The van der Waals surface area contributed by atoms with Crippen LogP contribution in [0.25, 0.3) is 0 Å². The zero-order valence-electron chi connectivity index (χ0n) is 10.00. The second-order valence-corrected chi connectivity index (χ2v) is 4.56. The fourth-order valence-corrected chi connectivity index (χ4v) is 2.31. The van der Waals surface area contributed by atoms with Crippen LogP contribution in [0.3, 0.4) is 0 Å². The van der Waals surface area contributed by atoms with Crippen molar-refractivity contribution in [2.24, 2.45) is 0 Å². The average Bonchev–Trinajstić information content (AvgIpc) is 2.50. The Morgan fingerprint density at radius 2 is 2.18 bits per heavy atom. The van der Waals surface area contributed by atoms with E-state index in [1.807, 2.05) is 18.2 Å². The molecule has 1 aliphatic heterocycles. The number of aryl methyl sites for hydroxylation is 1. The predicted molar refractivity (Wildman–Crippen MR) is 65.7 cm³/mol. The monoisotopic (exact) mass is 240 g/mol. The van der Waals surface area contributed by atoms with Crippen molar-refractivity contribution in [3.63, 3.8) is 0 Å². The lowest BCUT2D eigenvalue weighted by molar-refractivity contribution is 0.0816. The van der Waals surface area contributed by atoms with Crippen LogP contribution in [0.2, 0.25) is 0 Å². The van der Waals surface area contributed by atoms with Crippen LogP contribution in [-0.2, 0) is 6.42 Å². The molecule has 1 N–H and O–H groups in total. The van der Waals surface area contributed by atoms with Gasteiger partial charge in [-0.3, -0.25) is 4.90 Å². The molecule has 1 atom stereocenters. The van der Waals surface area contributed by atoms with Crippen LogP contribution < -0.4 is 5.32 Å². The molecule has 0 spiro atoms. The molecule has 2 rings (SSSR count). The van der Waals surface area contributed by atoms with E-state index in [0.29, 0.717) is 0 Å². The minimum absolute atomic E-state index is 0.150. The second-order valence-electron chi connectivity index (χ2n) is 4.56. The van der Waals surface area contributed by atoms with Gasteiger partial charge in [-0.05, 0) is 31.5 Å². The van der Waals surface area contributed by atoms with Crippen LogP contribution in [0.5, 0.6) is 0 Å². The first-order valence-electron chi connectivity index (χ1n) is 5.97. The number of rotatable bonds is 3. The van der Waals surface area contributed by atoms with Crippen molar-refractivity contribution in [3.8, 4) is 0 Å². The van der Waals surface area contributed by atoms with Crippen LogP contribution in [0.1, 0.15) is 12.0 Å². The van der Waals surface area contributed by atoms with Gasteiger partial charge in [-0.15, -0.1) is 0 Å². The molecule has 1 unspecified atom stereocenters. The number of para-hydroxylation sites is 1. The van der Waals surface area contributed by atoms with Gasteiger partial charge in [-0.25, -0.2) is 8.78 Å². The van der Waals surface area contributed by atoms with Crippen LogP contribution in [0, 0.1) is 0 Å². The highest BCUT2D eigenvalue weighted by Crippen LogP contribution is 2.22. The Labute approximate surface area is 101 Å². The molecule has 4 heteroatoms. The SMILES string of the molecule is CN(CC(F)F)C1CCc2ccccc2NC1. The normalized spacial score (nSPS) is 19.9. The zero-order chi connectivity index (χ0) is 12.3. The third kappa shape index (κ3) is 3.16. The van der Waals surface area contributed by atoms with Crippen LogP contribution in [-0.4, -0.2) is 37.5 Å². The highest BCUT2D eigenvalue weighted by atomic mass is 19.3. The van der Waals surface area contributed by atoms with Gasteiger partial charge in [0.1, 0.15) is 0 Å². The Morgan fingerprint density at radius 3 is 2.94 bits per heavy atom. The van der Waals surface area contributed by atoms with Crippen molar-refractivity contribution >= 4 is 5.69 Å². The molecule has 0 saturated carbocycles. The first-order valence-corrected chi connectivity index (χ1v) is 5.97. The van der Waals surface area contributed by atoms with Crippen LogP contribution in [0.15, 0.2) is 24.3 Å². The predicted octanol–water partition coefficient (Wildman–Crippen LogP) is 2.61. The number of nitrogens with zero attached hydrogens (tertiary/aromatic N) is 1. The first-order chi connectivity index (χ1) is 8.16. The molecule has 0 amide bonds. The van der Waals surface area contributed by atoms with Crippen molar-refractivity contribution < 1.29 is 8.78 Å². The van der Waals surface area contributed by atoms with E-state index in [1.54, 1.807) is 11.9 Å². The molecular weight excluding hydrogens is 222 g/mol. The number of benzene rings is 1. The van der Waals surface area contributed by atoms with Gasteiger partial charge in [0, 0.05) is 18.3 Å². The Balaban J connectivity index is 1.99. The molecule has 0 fully saturated rings. The summed E-state index contributed by atoms with van der Waals surface area (Å²) in [7, 11) is 1.77. The molecule has 0 aromatic heterocycles. The maximum Gasteiger partial charge on any atom is 0.251 e. The molecule has 0 radical (unpaired) electrons. The van der Waals surface area contributed by atoms with Gasteiger partial charge in [0.05, 0.1) is 6.54 Å². The summed E-state index contributed by atoms with van der Waals surface area (Å²) in [6, 6.07) is 8.33. The summed E-state index contributed by atoms with van der Waals surface area (Å²) in [6.45, 7) is 0.586. The molecule has 17 heavy (non-hydrogen) atoms. The van der Waals surface area contributed by atoms with Crippen LogP contribution >= 0.6 is 0 Å². The van der Waals surface area contributed by atoms with Gasteiger partial charge in [0.25, 0.3) is 6.43 Å². The van der Waals surface area contributed by atoms with E-state index in [1.165, 1.54) is 5.56 Å². The number of likely N-dealkylation sites (N-methyl/N-ethyl adjacent to an activating group) is 1. The Kier molecular flexibility index (Phi) is 3.94. The topological polar surface area (TPSA) is 15.3 Å². The van der Waals surface area contributed by atoms with Crippen molar-refractivity contribution in [1.82, 2.24) is 4.90 Å². The van der Waals surface area contributed by atoms with Gasteiger partial charge >= 0.3 is 0 Å². The van der Waals surface area contributed by atoms with Gasteiger partial charge < -0.3 is 5.32 Å². The van der Waals surface area contributed by atoms with Gasteiger partial charge in [-0.1, -0.05) is 18.2 Å². The third-order valence-electron chi connectivity index (χ3n) is 3.34. The van der Waals surface area contributed by atoms with Crippen molar-refractivity contribution in [2.45, 2.75) is 25.3 Å². The maximum atomic E-state index is 12.3. The molecule has 2 nitrogen and oxygen atoms in total. The lowest BCUT2D eigenvalue weighted by Crippen LogP contribution is -2.39. The molecule has 0 bridgehead atoms. The molecule has 0 saturated heterocycles. The molecule has 1 aromatic rings. The molecule has 1 aromatic carbocycles. The number of hydrogen-bond donors (Lipinski definition) is 1. The maximum absolute atomic E-state index is 12.3. The number of nitrogens with one attached hydrogen (secondary N) is 1. The Morgan fingerprint density at radius 1 is 1.41 bits per heavy atom. The van der Waals surface area contributed by atoms with Crippen molar-refractivity contribution in [1.29, 1.82) is 0 Å². The minimum Gasteiger partial charge on any atom is -0.383 e. The Bertz CT molecular complexity index is 341. The van der Waals surface area contributed by atoms with E-state index < -0.39 is 6.43 Å². The highest BCUT2D eigenvalue weighted by Gasteiger charge is 2.21. The molecule has 1 heterocycles. The number of fused-ring (bicyclic) bond motifs is 1. The number of hydrogen-bond acceptors (Lipinski definition) is 2. The summed E-state index contributed by atoms with van der Waals surface area (Å²) in [5, 5.41) is 3.34. The van der Waals surface area contributed by atoms with E-state index in [9.17, 15) is 8.78 Å². The third-order valence-corrected chi connectivity index (χ3v) is 3.34. The molecule has 0 aliphatic carbocycles. The highest BCUT2D eigenvalue weighted by molar-refractivity contribution is 5.52. The first kappa shape index (κ1) is 12.3. The quantitative estimate of drug-likeness (QED) is 0.873. The summed E-state index contributed by atoms with van der Waals surface area (Å²) >= 11 is 0. The van der Waals surface area contributed by atoms with Crippen LogP contribution in [0.4, 0.5) is 14.5 Å². The van der Waals surface area contributed by atoms with Gasteiger partial charge in [0.2, 0.25) is 0 Å². The summed E-state index contributed by atoms with van der Waals surface area (Å²) < 4.78 is 24.7. The summed E-state index contributed by atoms with van der Waals surface area (Å²) in [5.74, 6) is 0. The number of alkyl halides is 2. The van der Waals surface area contributed by atoms with Gasteiger partial charge in [-0.2, -0.15) is 0 Å².